The molecule has 19 heteroatoms. The number of imidazole rings is 1. The first-order valence-corrected chi connectivity index (χ1v) is 15.2. The molecule has 2 N–H and O–H groups in total. The van der Waals surface area contributed by atoms with E-state index in [0.717, 1.165) is 12.8 Å². The number of carbonyl (C=O) groups excluding carboxylic acids is 2. The number of fused-ring (bicyclic) bond motifs is 1. The highest BCUT2D eigenvalue weighted by molar-refractivity contribution is 5.93. The Bertz CT molecular complexity index is 1840. The smallest absolute Gasteiger partial charge is 0.408 e. The van der Waals surface area contributed by atoms with Crippen molar-refractivity contribution < 1.29 is 49.4 Å². The molecule has 12 nitrogen and oxygen atoms in total. The Morgan fingerprint density at radius 1 is 1.10 bits per heavy atom. The number of rotatable bonds is 9. The molecule has 48 heavy (non-hydrogen) atoms. The van der Waals surface area contributed by atoms with Crippen LogP contribution in [0.1, 0.15) is 102 Å². The topological polar surface area (TPSA) is 153 Å². The zero-order valence-electron chi connectivity index (χ0n) is 24.8. The van der Waals surface area contributed by atoms with Crippen LogP contribution in [0.2, 0.25) is 0 Å². The highest BCUT2D eigenvalue weighted by Crippen LogP contribution is 2.44. The first-order valence-electron chi connectivity index (χ1n) is 15.2. The molecule has 3 aliphatic rings. The van der Waals surface area contributed by atoms with Crippen LogP contribution in [0.5, 0.6) is 0 Å². The van der Waals surface area contributed by atoms with E-state index < -0.39 is 91.0 Å². The monoisotopic (exact) mass is 684 g/mol. The van der Waals surface area contributed by atoms with Crippen LogP contribution in [-0.2, 0) is 16.6 Å². The molecule has 2 amide bonds. The lowest BCUT2D eigenvalue weighted by atomic mass is 9.79. The third-order valence-electron chi connectivity index (χ3n) is 9.28. The van der Waals surface area contributed by atoms with Gasteiger partial charge in [-0.1, -0.05) is 5.16 Å². The zero-order valence-corrected chi connectivity index (χ0v) is 24.8. The van der Waals surface area contributed by atoms with E-state index in [2.05, 4.69) is 30.7 Å². The number of nitrogens with zero attached hydrogens (tertiary/aromatic N) is 6. The fourth-order valence-corrected chi connectivity index (χ4v) is 6.55. The summed E-state index contributed by atoms with van der Waals surface area (Å²) in [6, 6.07) is -1.71. The summed E-state index contributed by atoms with van der Waals surface area (Å²) < 4.78 is 107. The summed E-state index contributed by atoms with van der Waals surface area (Å²) in [6.07, 6.45) is -4.90. The summed E-state index contributed by atoms with van der Waals surface area (Å²) in [5.41, 5.74) is -1.90. The van der Waals surface area contributed by atoms with Gasteiger partial charge in [-0.25, -0.2) is 36.7 Å². The van der Waals surface area contributed by atoms with E-state index >= 15 is 0 Å². The van der Waals surface area contributed by atoms with Crippen LogP contribution in [0.4, 0.5) is 30.7 Å². The molecule has 1 saturated heterocycles. The number of halogens is 7. The third-order valence-corrected chi connectivity index (χ3v) is 9.28. The van der Waals surface area contributed by atoms with Gasteiger partial charge in [0.1, 0.15) is 29.1 Å². The number of amides is 2. The quantitative estimate of drug-likeness (QED) is 0.228. The minimum atomic E-state index is -4.83. The number of hydrogen-bond donors (Lipinski definition) is 2. The van der Waals surface area contributed by atoms with E-state index in [-0.39, 0.29) is 41.4 Å². The van der Waals surface area contributed by atoms with Crippen LogP contribution < -0.4 is 10.6 Å². The van der Waals surface area contributed by atoms with Gasteiger partial charge < -0.3 is 15.1 Å². The summed E-state index contributed by atoms with van der Waals surface area (Å²) in [5.74, 6) is -5.58. The fraction of sp³-hybridized carbons (Fsp3) is 0.552. The van der Waals surface area contributed by atoms with Crippen molar-refractivity contribution in [3.05, 3.63) is 59.0 Å². The van der Waals surface area contributed by atoms with E-state index in [4.69, 9.17) is 9.05 Å². The maximum Gasteiger partial charge on any atom is 0.408 e. The average Bonchev–Trinajstić information content (AvgIpc) is 3.40. The molecule has 7 rings (SSSR count). The molecule has 2 saturated carbocycles. The van der Waals surface area contributed by atoms with Crippen molar-refractivity contribution in [1.82, 2.24) is 40.5 Å². The number of oxazole rings is 1. The Kier molecular flexibility index (Phi) is 7.69. The van der Waals surface area contributed by atoms with Crippen LogP contribution in [0.15, 0.2) is 33.8 Å². The number of carbonyl (C=O) groups is 2. The second-order valence-corrected chi connectivity index (χ2v) is 12.7. The van der Waals surface area contributed by atoms with Gasteiger partial charge in [0.15, 0.2) is 11.3 Å². The molecule has 256 valence electrons. The van der Waals surface area contributed by atoms with Gasteiger partial charge in [0.2, 0.25) is 17.7 Å². The Labute approximate surface area is 265 Å². The van der Waals surface area contributed by atoms with Gasteiger partial charge in [0, 0.05) is 18.8 Å². The van der Waals surface area contributed by atoms with Crippen LogP contribution in [0.25, 0.3) is 5.65 Å². The standard InChI is InChI=1S/C29H27F7N8O4/c30-23(31)17-12-47-26(39-17)27(9-18(29(34,35)36)40-25(27)46)8-13-7-19-38-16(11-44(19)37-10-13)20(15-3-5-28(32,33)6-4-15)41-24(45)22-21(14-1-2-14)42-48-43-22/h7,10-12,14-15,18,20,23H,1-6,8-9H2,(H,40,46)(H,41,45)/t18-,20-,27+/m0/s1. The maximum absolute atomic E-state index is 14.1. The molecule has 5 heterocycles. The summed E-state index contributed by atoms with van der Waals surface area (Å²) >= 11 is 0. The summed E-state index contributed by atoms with van der Waals surface area (Å²) in [4.78, 5) is 34.7. The van der Waals surface area contributed by atoms with Crippen molar-refractivity contribution >= 4 is 17.5 Å². The number of aromatic nitrogens is 6. The van der Waals surface area contributed by atoms with Gasteiger partial charge >= 0.3 is 6.18 Å². The van der Waals surface area contributed by atoms with Gasteiger partial charge in [-0.15, -0.1) is 0 Å². The molecular formula is C29H27F7N8O4. The van der Waals surface area contributed by atoms with Crippen molar-refractivity contribution in [3.8, 4) is 0 Å². The van der Waals surface area contributed by atoms with Crippen molar-refractivity contribution in [2.24, 2.45) is 5.92 Å². The molecule has 0 unspecified atom stereocenters. The highest BCUT2D eigenvalue weighted by atomic mass is 19.4. The van der Waals surface area contributed by atoms with E-state index in [9.17, 15) is 40.3 Å². The first kappa shape index (κ1) is 32.0. The Morgan fingerprint density at radius 3 is 2.50 bits per heavy atom. The van der Waals surface area contributed by atoms with E-state index in [1.54, 1.807) is 0 Å². The molecule has 1 aliphatic heterocycles. The predicted molar refractivity (Wildman–Crippen MR) is 146 cm³/mol. The number of hydrogen-bond acceptors (Lipinski definition) is 9. The molecule has 0 aromatic carbocycles. The van der Waals surface area contributed by atoms with Crippen molar-refractivity contribution in [2.45, 2.75) is 93.3 Å². The van der Waals surface area contributed by atoms with Crippen molar-refractivity contribution in [3.63, 3.8) is 0 Å². The normalized spacial score (nSPS) is 23.9. The van der Waals surface area contributed by atoms with Gasteiger partial charge in [0.05, 0.1) is 24.1 Å². The lowest BCUT2D eigenvalue weighted by molar-refractivity contribution is -0.155. The second-order valence-electron chi connectivity index (χ2n) is 12.7. The molecular weight excluding hydrogens is 657 g/mol. The van der Waals surface area contributed by atoms with Gasteiger partial charge in [-0.05, 0) is 61.2 Å². The molecule has 2 aliphatic carbocycles. The fourth-order valence-electron chi connectivity index (χ4n) is 6.55. The van der Waals surface area contributed by atoms with Crippen LogP contribution in [0, 0.1) is 5.92 Å². The molecule has 0 bridgehead atoms. The molecule has 0 spiro atoms. The van der Waals surface area contributed by atoms with E-state index in [0.29, 0.717) is 12.0 Å². The lowest BCUT2D eigenvalue weighted by Gasteiger charge is -2.33. The molecule has 3 atom stereocenters. The van der Waals surface area contributed by atoms with Crippen LogP contribution >= 0.6 is 0 Å². The first-order chi connectivity index (χ1) is 22.7. The largest absolute Gasteiger partial charge is 0.447 e. The molecule has 4 aromatic rings. The molecule has 0 radical (unpaired) electrons. The Morgan fingerprint density at radius 2 is 1.85 bits per heavy atom. The van der Waals surface area contributed by atoms with Gasteiger partial charge in [0.25, 0.3) is 12.3 Å². The lowest BCUT2D eigenvalue weighted by Crippen LogP contribution is -2.40. The van der Waals surface area contributed by atoms with E-state index in [1.807, 2.05) is 5.32 Å². The van der Waals surface area contributed by atoms with Gasteiger partial charge in [-0.2, -0.15) is 18.3 Å². The van der Waals surface area contributed by atoms with Crippen LogP contribution in [-0.4, -0.2) is 59.9 Å². The maximum atomic E-state index is 14.1. The second kappa shape index (κ2) is 11.5. The van der Waals surface area contributed by atoms with Crippen molar-refractivity contribution in [2.75, 3.05) is 0 Å². The number of nitrogens with one attached hydrogen (secondary N) is 2. The summed E-state index contributed by atoms with van der Waals surface area (Å²) in [7, 11) is 0. The zero-order chi connectivity index (χ0) is 34.0. The number of alkyl halides is 7. The average molecular weight is 685 g/mol. The highest BCUT2D eigenvalue weighted by Gasteiger charge is 2.59. The predicted octanol–water partition coefficient (Wildman–Crippen LogP) is 5.14. The summed E-state index contributed by atoms with van der Waals surface area (Å²) in [6.45, 7) is 0. The minimum Gasteiger partial charge on any atom is -0.447 e. The van der Waals surface area contributed by atoms with Crippen molar-refractivity contribution in [1.29, 1.82) is 0 Å². The SMILES string of the molecule is O=C(N[C@H](c1cn2ncc(C[C@@]3(c4nc(C(F)F)co4)C[C@@H](C(F)(F)F)NC3=O)cc2n1)C1CCC(F)(F)CC1)c1nonc1C1CC1. The Hall–Kier alpha value is -4.58. The van der Waals surface area contributed by atoms with E-state index in [1.165, 1.54) is 23.0 Å². The van der Waals surface area contributed by atoms with Gasteiger partial charge in [-0.3, -0.25) is 9.59 Å². The summed E-state index contributed by atoms with van der Waals surface area (Å²) in [5, 5.41) is 16.6. The molecule has 3 fully saturated rings. The minimum absolute atomic E-state index is 0.00773. The third kappa shape index (κ3) is 5.98. The molecule has 4 aromatic heterocycles. The van der Waals surface area contributed by atoms with Crippen LogP contribution in [0.3, 0.4) is 0 Å². The Balaban J connectivity index is 1.21.